The van der Waals surface area contributed by atoms with E-state index in [4.69, 9.17) is 14.5 Å². The monoisotopic (exact) mass is 556 g/mol. The summed E-state index contributed by atoms with van der Waals surface area (Å²) in [6, 6.07) is 6.35. The maximum atomic E-state index is 5.42. The first-order valence-electron chi connectivity index (χ1n) is 11.0. The Balaban J connectivity index is 0.00000363. The molecule has 1 atom stereocenters. The molecule has 0 aliphatic carbocycles. The molecule has 32 heavy (non-hydrogen) atoms. The van der Waals surface area contributed by atoms with E-state index in [0.717, 1.165) is 67.9 Å². The quantitative estimate of drug-likeness (QED) is 0.296. The van der Waals surface area contributed by atoms with Crippen LogP contribution in [0.5, 0.6) is 11.5 Å². The number of hydrogen-bond acceptors (Lipinski definition) is 5. The number of hydrogen-bond donors (Lipinski definition) is 2. The van der Waals surface area contributed by atoms with Crippen LogP contribution in [0, 0.1) is 13.8 Å². The average molecular weight is 556 g/mol. The van der Waals surface area contributed by atoms with Crippen LogP contribution >= 0.6 is 24.0 Å². The normalized spacial score (nSPS) is 16.0. The number of guanidine groups is 1. The SMILES string of the molecule is CCNC(=NCCc1c(C)nn(C)c1C)NC1CCN(c2cc(OC)cc(OC)c2)C1.I. The lowest BCUT2D eigenvalue weighted by molar-refractivity contribution is 0.394. The van der Waals surface area contributed by atoms with E-state index in [1.165, 1.54) is 11.3 Å². The van der Waals surface area contributed by atoms with Crippen LogP contribution < -0.4 is 25.0 Å². The van der Waals surface area contributed by atoms with Gasteiger partial charge in [-0.25, -0.2) is 0 Å². The van der Waals surface area contributed by atoms with Gasteiger partial charge in [0, 0.05) is 68.8 Å². The van der Waals surface area contributed by atoms with Crippen LogP contribution in [0.15, 0.2) is 23.2 Å². The molecule has 0 saturated carbocycles. The number of nitrogens with zero attached hydrogens (tertiary/aromatic N) is 4. The molecule has 0 amide bonds. The van der Waals surface area contributed by atoms with Gasteiger partial charge in [-0.2, -0.15) is 5.10 Å². The summed E-state index contributed by atoms with van der Waals surface area (Å²) in [6.45, 7) is 9.71. The highest BCUT2D eigenvalue weighted by molar-refractivity contribution is 14.0. The number of nitrogens with one attached hydrogen (secondary N) is 2. The number of ether oxygens (including phenoxy) is 2. The fourth-order valence-corrected chi connectivity index (χ4v) is 4.06. The molecule has 2 aromatic rings. The number of aromatic nitrogens is 2. The molecule has 2 heterocycles. The van der Waals surface area contributed by atoms with Gasteiger partial charge in [0.05, 0.1) is 19.9 Å². The molecular formula is C23H37IN6O2. The van der Waals surface area contributed by atoms with Crippen LogP contribution in [-0.4, -0.2) is 62.2 Å². The summed E-state index contributed by atoms with van der Waals surface area (Å²) in [5.41, 5.74) is 4.71. The third-order valence-electron chi connectivity index (χ3n) is 5.87. The van der Waals surface area contributed by atoms with Crippen LogP contribution in [0.2, 0.25) is 0 Å². The number of anilines is 1. The van der Waals surface area contributed by atoms with Gasteiger partial charge >= 0.3 is 0 Å². The van der Waals surface area contributed by atoms with Gasteiger partial charge in [0.25, 0.3) is 0 Å². The largest absolute Gasteiger partial charge is 0.497 e. The summed E-state index contributed by atoms with van der Waals surface area (Å²) in [5, 5.41) is 11.5. The summed E-state index contributed by atoms with van der Waals surface area (Å²) < 4.78 is 12.8. The maximum Gasteiger partial charge on any atom is 0.191 e. The standard InChI is InChI=1S/C23H36N6O2.HI/c1-7-24-23(25-10-8-22-16(2)27-28(4)17(22)3)26-18-9-11-29(15-18)19-12-20(30-5)14-21(13-19)31-6;/h12-14,18H,7-11,15H2,1-6H3,(H2,24,25,26);1H. The van der Waals surface area contributed by atoms with Crippen molar-refractivity contribution in [3.63, 3.8) is 0 Å². The van der Waals surface area contributed by atoms with Crippen molar-refractivity contribution in [1.82, 2.24) is 20.4 Å². The zero-order valence-electron chi connectivity index (χ0n) is 20.1. The van der Waals surface area contributed by atoms with Crippen molar-refractivity contribution >= 4 is 35.6 Å². The van der Waals surface area contributed by atoms with E-state index in [0.29, 0.717) is 6.04 Å². The number of benzene rings is 1. The molecule has 1 aliphatic heterocycles. The molecule has 2 N–H and O–H groups in total. The number of halogens is 1. The van der Waals surface area contributed by atoms with Gasteiger partial charge in [-0.3, -0.25) is 9.67 Å². The molecule has 1 fully saturated rings. The van der Waals surface area contributed by atoms with Gasteiger partial charge in [0.1, 0.15) is 11.5 Å². The van der Waals surface area contributed by atoms with Crippen molar-refractivity contribution in [2.24, 2.45) is 12.0 Å². The summed E-state index contributed by atoms with van der Waals surface area (Å²) >= 11 is 0. The third kappa shape index (κ3) is 6.43. The first-order valence-corrected chi connectivity index (χ1v) is 11.0. The van der Waals surface area contributed by atoms with E-state index >= 15 is 0 Å². The molecule has 1 aromatic carbocycles. The molecule has 1 saturated heterocycles. The lowest BCUT2D eigenvalue weighted by Crippen LogP contribution is -2.44. The lowest BCUT2D eigenvalue weighted by Gasteiger charge is -2.21. The van der Waals surface area contributed by atoms with Crippen molar-refractivity contribution in [3.05, 3.63) is 35.2 Å². The van der Waals surface area contributed by atoms with Crippen molar-refractivity contribution in [2.45, 2.75) is 39.7 Å². The average Bonchev–Trinajstić information content (AvgIpc) is 3.33. The molecule has 1 aliphatic rings. The smallest absolute Gasteiger partial charge is 0.191 e. The second kappa shape index (κ2) is 12.2. The fourth-order valence-electron chi connectivity index (χ4n) is 4.06. The van der Waals surface area contributed by atoms with E-state index in [2.05, 4.69) is 53.5 Å². The zero-order valence-corrected chi connectivity index (χ0v) is 22.4. The fraction of sp³-hybridized carbons (Fsp3) is 0.565. The topological polar surface area (TPSA) is 75.9 Å². The second-order valence-electron chi connectivity index (χ2n) is 7.93. The Bertz CT molecular complexity index is 892. The van der Waals surface area contributed by atoms with E-state index < -0.39 is 0 Å². The maximum absolute atomic E-state index is 5.42. The van der Waals surface area contributed by atoms with Crippen LogP contribution in [0.1, 0.15) is 30.3 Å². The molecule has 0 spiro atoms. The molecule has 0 radical (unpaired) electrons. The molecule has 9 heteroatoms. The van der Waals surface area contributed by atoms with Crippen molar-refractivity contribution < 1.29 is 9.47 Å². The Labute approximate surface area is 208 Å². The van der Waals surface area contributed by atoms with Gasteiger partial charge in [-0.15, -0.1) is 24.0 Å². The number of aliphatic imine (C=N–C) groups is 1. The first kappa shape index (κ1) is 26.1. The Morgan fingerprint density at radius 2 is 1.88 bits per heavy atom. The highest BCUT2D eigenvalue weighted by Gasteiger charge is 2.24. The minimum Gasteiger partial charge on any atom is -0.497 e. The Morgan fingerprint density at radius 1 is 1.19 bits per heavy atom. The molecule has 0 bridgehead atoms. The van der Waals surface area contributed by atoms with Crippen molar-refractivity contribution in [2.75, 3.05) is 45.3 Å². The van der Waals surface area contributed by atoms with Crippen LogP contribution in [0.25, 0.3) is 0 Å². The highest BCUT2D eigenvalue weighted by atomic mass is 127. The summed E-state index contributed by atoms with van der Waals surface area (Å²) in [6.07, 6.45) is 1.94. The van der Waals surface area contributed by atoms with Gasteiger partial charge in [0.2, 0.25) is 0 Å². The van der Waals surface area contributed by atoms with Crippen molar-refractivity contribution in [3.8, 4) is 11.5 Å². The molecular weight excluding hydrogens is 519 g/mol. The Hall–Kier alpha value is -2.17. The number of aryl methyl sites for hydroxylation is 2. The minimum absolute atomic E-state index is 0. The molecule has 8 nitrogen and oxygen atoms in total. The molecule has 1 aromatic heterocycles. The zero-order chi connectivity index (χ0) is 22.4. The highest BCUT2D eigenvalue weighted by Crippen LogP contribution is 2.30. The van der Waals surface area contributed by atoms with Gasteiger partial charge < -0.3 is 25.0 Å². The van der Waals surface area contributed by atoms with E-state index in [1.807, 2.05) is 17.8 Å². The first-order chi connectivity index (χ1) is 14.9. The summed E-state index contributed by atoms with van der Waals surface area (Å²) in [5.74, 6) is 2.49. The Kier molecular flexibility index (Phi) is 9.92. The summed E-state index contributed by atoms with van der Waals surface area (Å²) in [4.78, 5) is 7.17. The minimum atomic E-state index is 0. The Morgan fingerprint density at radius 3 is 2.44 bits per heavy atom. The predicted octanol–water partition coefficient (Wildman–Crippen LogP) is 3.05. The summed E-state index contributed by atoms with van der Waals surface area (Å²) in [7, 11) is 5.35. The van der Waals surface area contributed by atoms with E-state index in [1.54, 1.807) is 14.2 Å². The van der Waals surface area contributed by atoms with E-state index in [-0.39, 0.29) is 24.0 Å². The molecule has 1 unspecified atom stereocenters. The van der Waals surface area contributed by atoms with E-state index in [9.17, 15) is 0 Å². The van der Waals surface area contributed by atoms with Gasteiger partial charge in [-0.05, 0) is 39.2 Å². The van der Waals surface area contributed by atoms with Crippen LogP contribution in [0.4, 0.5) is 5.69 Å². The lowest BCUT2D eigenvalue weighted by atomic mass is 10.1. The number of methoxy groups -OCH3 is 2. The molecule has 178 valence electrons. The third-order valence-corrected chi connectivity index (χ3v) is 5.87. The van der Waals surface area contributed by atoms with Gasteiger partial charge in [-0.1, -0.05) is 0 Å². The molecule has 3 rings (SSSR count). The second-order valence-corrected chi connectivity index (χ2v) is 7.93. The van der Waals surface area contributed by atoms with Crippen molar-refractivity contribution in [1.29, 1.82) is 0 Å². The predicted molar refractivity (Wildman–Crippen MR) is 141 cm³/mol. The van der Waals surface area contributed by atoms with Gasteiger partial charge in [0.15, 0.2) is 5.96 Å². The van der Waals surface area contributed by atoms with Crippen LogP contribution in [-0.2, 0) is 13.5 Å². The number of rotatable bonds is 8. The van der Waals surface area contributed by atoms with Crippen LogP contribution in [0.3, 0.4) is 0 Å².